The molecule has 1 atom stereocenters. The molecule has 31 heavy (non-hydrogen) atoms. The topological polar surface area (TPSA) is 84.9 Å². The molecule has 2 aliphatic heterocycles. The number of ether oxygens (including phenoxy) is 2. The maximum atomic E-state index is 13.0. The maximum Gasteiger partial charge on any atom is 0.262 e. The number of nitrogens with one attached hydrogen (secondary N) is 1. The molecule has 2 heterocycles. The Morgan fingerprint density at radius 1 is 1.10 bits per heavy atom. The van der Waals surface area contributed by atoms with Gasteiger partial charge in [-0.25, -0.2) is 0 Å². The summed E-state index contributed by atoms with van der Waals surface area (Å²) < 4.78 is 11.1. The molecule has 0 aromatic heterocycles. The van der Waals surface area contributed by atoms with Crippen molar-refractivity contribution in [1.82, 2.24) is 10.2 Å². The molecule has 0 fully saturated rings. The average Bonchev–Trinajstić information content (AvgIpc) is 2.99. The van der Waals surface area contributed by atoms with Gasteiger partial charge in [-0.3, -0.25) is 19.3 Å². The second kappa shape index (κ2) is 8.59. The van der Waals surface area contributed by atoms with E-state index in [9.17, 15) is 14.4 Å². The van der Waals surface area contributed by atoms with E-state index < -0.39 is 17.9 Å². The Balaban J connectivity index is 1.44. The van der Waals surface area contributed by atoms with Crippen LogP contribution in [-0.2, 0) is 11.2 Å². The fourth-order valence-electron chi connectivity index (χ4n) is 3.92. The fraction of sp³-hybridized carbons (Fsp3) is 0.348. The van der Waals surface area contributed by atoms with E-state index in [0.29, 0.717) is 53.8 Å². The van der Waals surface area contributed by atoms with Crippen molar-refractivity contribution in [2.24, 2.45) is 5.92 Å². The Hall–Kier alpha value is -3.06. The monoisotopic (exact) mass is 442 g/mol. The van der Waals surface area contributed by atoms with E-state index in [1.165, 1.54) is 0 Å². The van der Waals surface area contributed by atoms with E-state index >= 15 is 0 Å². The minimum Gasteiger partial charge on any atom is -0.486 e. The molecule has 2 aliphatic rings. The van der Waals surface area contributed by atoms with Crippen molar-refractivity contribution in [2.75, 3.05) is 19.8 Å². The van der Waals surface area contributed by atoms with E-state index in [-0.39, 0.29) is 11.8 Å². The fourth-order valence-corrected chi connectivity index (χ4v) is 4.21. The second-order valence-electron chi connectivity index (χ2n) is 7.86. The van der Waals surface area contributed by atoms with Crippen molar-refractivity contribution in [1.29, 1.82) is 0 Å². The van der Waals surface area contributed by atoms with E-state index in [1.54, 1.807) is 30.3 Å². The Morgan fingerprint density at radius 3 is 2.39 bits per heavy atom. The predicted molar refractivity (Wildman–Crippen MR) is 115 cm³/mol. The summed E-state index contributed by atoms with van der Waals surface area (Å²) in [5.41, 5.74) is 1.55. The number of nitrogens with zero attached hydrogens (tertiary/aromatic N) is 1. The molecule has 4 rings (SSSR count). The number of halogens is 1. The quantitative estimate of drug-likeness (QED) is 0.695. The Labute approximate surface area is 185 Å². The van der Waals surface area contributed by atoms with Crippen LogP contribution < -0.4 is 14.8 Å². The van der Waals surface area contributed by atoms with E-state index in [2.05, 4.69) is 5.32 Å². The van der Waals surface area contributed by atoms with Crippen LogP contribution in [0.3, 0.4) is 0 Å². The van der Waals surface area contributed by atoms with Crippen LogP contribution >= 0.6 is 11.6 Å². The number of amides is 3. The van der Waals surface area contributed by atoms with Crippen molar-refractivity contribution in [2.45, 2.75) is 26.3 Å². The molecule has 0 aliphatic carbocycles. The molecule has 0 saturated carbocycles. The van der Waals surface area contributed by atoms with Gasteiger partial charge in [0.1, 0.15) is 19.3 Å². The molecule has 1 unspecified atom stereocenters. The largest absolute Gasteiger partial charge is 0.486 e. The van der Waals surface area contributed by atoms with Gasteiger partial charge in [0, 0.05) is 6.54 Å². The molecular formula is C23H23ClN2O5. The standard InChI is InChI=1S/C23H23ClN2O5/c1-13(2)19(26-22(28)15-5-3-4-6-16(15)23(26)29)21(27)25-8-7-14-11-17(24)20-18(12-14)30-9-10-31-20/h3-6,11-13,19H,7-10H2,1-2H3,(H,25,27). The van der Waals surface area contributed by atoms with E-state index in [4.69, 9.17) is 21.1 Å². The van der Waals surface area contributed by atoms with Crippen LogP contribution in [-0.4, -0.2) is 48.4 Å². The minimum absolute atomic E-state index is 0.244. The number of carbonyl (C=O) groups is 3. The lowest BCUT2D eigenvalue weighted by Crippen LogP contribution is -2.52. The van der Waals surface area contributed by atoms with Gasteiger partial charge in [0.05, 0.1) is 16.1 Å². The molecule has 2 aromatic carbocycles. The molecule has 0 saturated heterocycles. The van der Waals surface area contributed by atoms with E-state index in [0.717, 1.165) is 10.5 Å². The summed E-state index contributed by atoms with van der Waals surface area (Å²) in [6.45, 7) is 4.86. The van der Waals surface area contributed by atoms with Gasteiger partial charge in [-0.15, -0.1) is 0 Å². The Morgan fingerprint density at radius 2 is 1.74 bits per heavy atom. The van der Waals surface area contributed by atoms with Gasteiger partial charge in [0.15, 0.2) is 11.5 Å². The van der Waals surface area contributed by atoms with Crippen molar-refractivity contribution in [3.63, 3.8) is 0 Å². The predicted octanol–water partition coefficient (Wildman–Crippen LogP) is 3.09. The first-order valence-corrected chi connectivity index (χ1v) is 10.6. The zero-order valence-corrected chi connectivity index (χ0v) is 18.1. The third-order valence-electron chi connectivity index (χ3n) is 5.37. The maximum absolute atomic E-state index is 13.0. The molecule has 0 radical (unpaired) electrons. The third kappa shape index (κ3) is 3.97. The number of imide groups is 1. The normalized spacial score (nSPS) is 15.8. The molecule has 162 valence electrons. The lowest BCUT2D eigenvalue weighted by molar-refractivity contribution is -0.126. The third-order valence-corrected chi connectivity index (χ3v) is 5.65. The average molecular weight is 443 g/mol. The van der Waals surface area contributed by atoms with Crippen molar-refractivity contribution in [3.05, 3.63) is 58.1 Å². The van der Waals surface area contributed by atoms with Gasteiger partial charge in [-0.05, 0) is 42.2 Å². The molecule has 2 aromatic rings. The van der Waals surface area contributed by atoms with Gasteiger partial charge in [-0.2, -0.15) is 0 Å². The lowest BCUT2D eigenvalue weighted by atomic mass is 10.0. The molecule has 3 amide bonds. The van der Waals surface area contributed by atoms with Gasteiger partial charge in [-0.1, -0.05) is 37.6 Å². The second-order valence-corrected chi connectivity index (χ2v) is 8.26. The summed E-state index contributed by atoms with van der Waals surface area (Å²) in [6, 6.07) is 9.36. The molecule has 1 N–H and O–H groups in total. The number of hydrogen-bond acceptors (Lipinski definition) is 5. The van der Waals surface area contributed by atoms with Gasteiger partial charge < -0.3 is 14.8 Å². The molecule has 7 nitrogen and oxygen atoms in total. The van der Waals surface area contributed by atoms with Crippen LogP contribution in [0.2, 0.25) is 5.02 Å². The van der Waals surface area contributed by atoms with Crippen molar-refractivity contribution in [3.8, 4) is 11.5 Å². The summed E-state index contributed by atoms with van der Waals surface area (Å²) in [5.74, 6) is -0.363. The molecule has 8 heteroatoms. The lowest BCUT2D eigenvalue weighted by Gasteiger charge is -2.28. The van der Waals surface area contributed by atoms with Crippen LogP contribution in [0.4, 0.5) is 0 Å². The van der Waals surface area contributed by atoms with Crippen LogP contribution in [0, 0.1) is 5.92 Å². The Kier molecular flexibility index (Phi) is 5.87. The zero-order chi connectivity index (χ0) is 22.1. The first-order valence-electron chi connectivity index (χ1n) is 10.2. The van der Waals surface area contributed by atoms with Gasteiger partial charge in [0.2, 0.25) is 5.91 Å². The highest BCUT2D eigenvalue weighted by Gasteiger charge is 2.43. The highest BCUT2D eigenvalue weighted by atomic mass is 35.5. The summed E-state index contributed by atoms with van der Waals surface area (Å²) >= 11 is 6.27. The SMILES string of the molecule is CC(C)C(C(=O)NCCc1cc(Cl)c2c(c1)OCCO2)N1C(=O)c2ccccc2C1=O. The highest BCUT2D eigenvalue weighted by Crippen LogP contribution is 2.38. The molecule has 0 bridgehead atoms. The Bertz CT molecular complexity index is 1020. The van der Waals surface area contributed by atoms with Crippen LogP contribution in [0.25, 0.3) is 0 Å². The summed E-state index contributed by atoms with van der Waals surface area (Å²) in [6.07, 6.45) is 0.509. The van der Waals surface area contributed by atoms with Crippen LogP contribution in [0.5, 0.6) is 11.5 Å². The first-order chi connectivity index (χ1) is 14.9. The number of hydrogen-bond donors (Lipinski definition) is 1. The summed E-state index contributed by atoms with van der Waals surface area (Å²) in [5, 5.41) is 3.32. The van der Waals surface area contributed by atoms with Crippen LogP contribution in [0.1, 0.15) is 40.1 Å². The minimum atomic E-state index is -0.892. The van der Waals surface area contributed by atoms with Crippen LogP contribution in [0.15, 0.2) is 36.4 Å². The first kappa shape index (κ1) is 21.2. The molecular weight excluding hydrogens is 420 g/mol. The smallest absolute Gasteiger partial charge is 0.262 e. The van der Waals surface area contributed by atoms with Gasteiger partial charge in [0.25, 0.3) is 11.8 Å². The van der Waals surface area contributed by atoms with Gasteiger partial charge >= 0.3 is 0 Å². The number of rotatable bonds is 6. The summed E-state index contributed by atoms with van der Waals surface area (Å²) in [4.78, 5) is 39.7. The highest BCUT2D eigenvalue weighted by molar-refractivity contribution is 6.32. The number of fused-ring (bicyclic) bond motifs is 2. The number of benzene rings is 2. The molecule has 0 spiro atoms. The zero-order valence-electron chi connectivity index (χ0n) is 17.3. The summed E-state index contributed by atoms with van der Waals surface area (Å²) in [7, 11) is 0. The van der Waals surface area contributed by atoms with Crippen molar-refractivity contribution >= 4 is 29.3 Å². The van der Waals surface area contributed by atoms with Crippen molar-refractivity contribution < 1.29 is 23.9 Å². The number of carbonyl (C=O) groups excluding carboxylic acids is 3. The van der Waals surface area contributed by atoms with E-state index in [1.807, 2.05) is 19.9 Å².